The molecule has 0 aliphatic carbocycles. The van der Waals surface area contributed by atoms with E-state index in [-0.39, 0.29) is 24.2 Å². The first-order chi connectivity index (χ1) is 7.67. The van der Waals surface area contributed by atoms with Crippen molar-refractivity contribution >= 4 is 35.7 Å². The van der Waals surface area contributed by atoms with Crippen molar-refractivity contribution in [3.63, 3.8) is 0 Å². The summed E-state index contributed by atoms with van der Waals surface area (Å²) >= 11 is 5.39. The van der Waals surface area contributed by atoms with Crippen LogP contribution < -0.4 is 10.2 Å². The lowest BCUT2D eigenvalue weighted by atomic mass is 10.2. The molecule has 0 unspecified atom stereocenters. The maximum absolute atomic E-state index is 11.0. The van der Waals surface area contributed by atoms with Crippen molar-refractivity contribution in [2.24, 2.45) is 0 Å². The zero-order chi connectivity index (χ0) is 12.0. The highest BCUT2D eigenvalue weighted by atomic mass is 35.5. The van der Waals surface area contributed by atoms with E-state index >= 15 is 0 Å². The highest BCUT2D eigenvalue weighted by molar-refractivity contribution is 6.27. The number of hydrogen-bond donors (Lipinski definition) is 1. The SMILES string of the molecule is CCN(C)c1cc(CNC(=O)CCl)ccn1.Cl. The molecule has 1 rings (SSSR count). The second kappa shape index (κ2) is 8.14. The molecule has 1 N–H and O–H groups in total. The van der Waals surface area contributed by atoms with Crippen molar-refractivity contribution < 1.29 is 4.79 Å². The molecule has 0 aliphatic heterocycles. The largest absolute Gasteiger partial charge is 0.360 e. The van der Waals surface area contributed by atoms with Gasteiger partial charge in [0.15, 0.2) is 0 Å². The number of anilines is 1. The zero-order valence-corrected chi connectivity index (χ0v) is 11.5. The van der Waals surface area contributed by atoms with Crippen molar-refractivity contribution in [2.45, 2.75) is 13.5 Å². The Bertz CT molecular complexity index is 360. The number of carbonyl (C=O) groups is 1. The van der Waals surface area contributed by atoms with Crippen molar-refractivity contribution in [2.75, 3.05) is 24.4 Å². The number of amides is 1. The predicted molar refractivity (Wildman–Crippen MR) is 73.0 cm³/mol. The Morgan fingerprint density at radius 3 is 2.88 bits per heavy atom. The lowest BCUT2D eigenvalue weighted by Crippen LogP contribution is -2.24. The number of rotatable bonds is 5. The molecule has 1 aromatic rings. The number of carbonyl (C=O) groups excluding carboxylic acids is 1. The van der Waals surface area contributed by atoms with Gasteiger partial charge in [-0.2, -0.15) is 0 Å². The summed E-state index contributed by atoms with van der Waals surface area (Å²) in [7, 11) is 1.98. The van der Waals surface area contributed by atoms with Crippen molar-refractivity contribution in [1.29, 1.82) is 0 Å². The molecule has 0 spiro atoms. The molecule has 96 valence electrons. The number of nitrogens with zero attached hydrogens (tertiary/aromatic N) is 2. The zero-order valence-electron chi connectivity index (χ0n) is 9.94. The van der Waals surface area contributed by atoms with Crippen LogP contribution in [0.1, 0.15) is 12.5 Å². The van der Waals surface area contributed by atoms with Crippen LogP contribution in [0.25, 0.3) is 0 Å². The van der Waals surface area contributed by atoms with Gasteiger partial charge in [0.05, 0.1) is 0 Å². The molecular weight excluding hydrogens is 261 g/mol. The van der Waals surface area contributed by atoms with E-state index in [2.05, 4.69) is 17.2 Å². The molecule has 0 saturated heterocycles. The maximum Gasteiger partial charge on any atom is 0.235 e. The summed E-state index contributed by atoms with van der Waals surface area (Å²) in [6, 6.07) is 3.83. The third-order valence-electron chi connectivity index (χ3n) is 2.29. The van der Waals surface area contributed by atoms with Crippen LogP contribution in [0, 0.1) is 0 Å². The van der Waals surface area contributed by atoms with E-state index in [0.717, 1.165) is 17.9 Å². The van der Waals surface area contributed by atoms with Gasteiger partial charge in [-0.05, 0) is 24.6 Å². The molecule has 1 aromatic heterocycles. The van der Waals surface area contributed by atoms with Crippen LogP contribution in [0.15, 0.2) is 18.3 Å². The number of aromatic nitrogens is 1. The predicted octanol–water partition coefficient (Wildman–Crippen LogP) is 1.81. The second-order valence-corrected chi connectivity index (χ2v) is 3.71. The summed E-state index contributed by atoms with van der Waals surface area (Å²) in [6.07, 6.45) is 1.74. The van der Waals surface area contributed by atoms with Crippen molar-refractivity contribution in [1.82, 2.24) is 10.3 Å². The molecule has 4 nitrogen and oxygen atoms in total. The summed E-state index contributed by atoms with van der Waals surface area (Å²) in [5.41, 5.74) is 1.02. The minimum Gasteiger partial charge on any atom is -0.360 e. The van der Waals surface area contributed by atoms with Gasteiger partial charge in [0.25, 0.3) is 0 Å². The minimum absolute atomic E-state index is 0. The fourth-order valence-electron chi connectivity index (χ4n) is 1.19. The third-order valence-corrected chi connectivity index (χ3v) is 2.53. The lowest BCUT2D eigenvalue weighted by Gasteiger charge is -2.16. The van der Waals surface area contributed by atoms with Gasteiger partial charge in [0.2, 0.25) is 5.91 Å². The summed E-state index contributed by atoms with van der Waals surface area (Å²) in [4.78, 5) is 17.3. The van der Waals surface area contributed by atoms with Gasteiger partial charge in [0.1, 0.15) is 11.7 Å². The van der Waals surface area contributed by atoms with Crippen LogP contribution in [0.4, 0.5) is 5.82 Å². The second-order valence-electron chi connectivity index (χ2n) is 3.45. The first-order valence-corrected chi connectivity index (χ1v) is 5.69. The Kier molecular flexibility index (Phi) is 7.66. The van der Waals surface area contributed by atoms with E-state index in [1.807, 2.05) is 24.1 Å². The molecule has 0 atom stereocenters. The van der Waals surface area contributed by atoms with Gasteiger partial charge >= 0.3 is 0 Å². The van der Waals surface area contributed by atoms with E-state index in [9.17, 15) is 4.79 Å². The molecule has 1 heterocycles. The number of nitrogens with one attached hydrogen (secondary N) is 1. The Balaban J connectivity index is 0.00000256. The molecule has 0 saturated carbocycles. The number of alkyl halides is 1. The molecule has 0 aromatic carbocycles. The maximum atomic E-state index is 11.0. The van der Waals surface area contributed by atoms with Crippen LogP contribution in [0.2, 0.25) is 0 Å². The Labute approximate surface area is 113 Å². The van der Waals surface area contributed by atoms with Gasteiger partial charge in [-0.25, -0.2) is 4.98 Å². The van der Waals surface area contributed by atoms with E-state index in [1.165, 1.54) is 0 Å². The van der Waals surface area contributed by atoms with Crippen LogP contribution in [-0.2, 0) is 11.3 Å². The summed E-state index contributed by atoms with van der Waals surface area (Å²) < 4.78 is 0. The van der Waals surface area contributed by atoms with E-state index < -0.39 is 0 Å². The number of halogens is 2. The molecule has 17 heavy (non-hydrogen) atoms. The fourth-order valence-corrected chi connectivity index (χ4v) is 1.28. The molecule has 6 heteroatoms. The van der Waals surface area contributed by atoms with Gasteiger partial charge in [-0.1, -0.05) is 0 Å². The third kappa shape index (κ3) is 5.24. The van der Waals surface area contributed by atoms with Gasteiger partial charge in [-0.3, -0.25) is 4.79 Å². The van der Waals surface area contributed by atoms with Crippen molar-refractivity contribution in [3.05, 3.63) is 23.9 Å². The monoisotopic (exact) mass is 277 g/mol. The van der Waals surface area contributed by atoms with E-state index in [4.69, 9.17) is 11.6 Å². The summed E-state index contributed by atoms with van der Waals surface area (Å²) in [5.74, 6) is 0.733. The van der Waals surface area contributed by atoms with Crippen LogP contribution >= 0.6 is 24.0 Å². The van der Waals surface area contributed by atoms with E-state index in [1.54, 1.807) is 6.20 Å². The summed E-state index contributed by atoms with van der Waals surface area (Å²) in [6.45, 7) is 3.44. The van der Waals surface area contributed by atoms with Crippen LogP contribution in [0.5, 0.6) is 0 Å². The molecular formula is C11H17Cl2N3O. The van der Waals surface area contributed by atoms with Crippen LogP contribution in [0.3, 0.4) is 0 Å². The highest BCUT2D eigenvalue weighted by Crippen LogP contribution is 2.10. The molecule has 0 fully saturated rings. The quantitative estimate of drug-likeness (QED) is 0.836. The van der Waals surface area contributed by atoms with Gasteiger partial charge < -0.3 is 10.2 Å². The molecule has 0 bridgehead atoms. The first kappa shape index (κ1) is 16.0. The Hall–Kier alpha value is -1.00. The normalized spacial score (nSPS) is 9.35. The number of pyridine rings is 1. The molecule has 0 radical (unpaired) electrons. The minimum atomic E-state index is -0.163. The fraction of sp³-hybridized carbons (Fsp3) is 0.455. The molecule has 1 amide bonds. The van der Waals surface area contributed by atoms with Gasteiger partial charge in [0, 0.05) is 26.3 Å². The number of hydrogen-bond acceptors (Lipinski definition) is 3. The van der Waals surface area contributed by atoms with E-state index in [0.29, 0.717) is 6.54 Å². The topological polar surface area (TPSA) is 45.2 Å². The highest BCUT2D eigenvalue weighted by Gasteiger charge is 2.02. The summed E-state index contributed by atoms with van der Waals surface area (Å²) in [5, 5.41) is 2.72. The first-order valence-electron chi connectivity index (χ1n) is 5.16. The standard InChI is InChI=1S/C11H16ClN3O.ClH/c1-3-15(2)10-6-9(4-5-13-10)8-14-11(16)7-12;/h4-6H,3,7-8H2,1-2H3,(H,14,16);1H. The van der Waals surface area contributed by atoms with Crippen molar-refractivity contribution in [3.8, 4) is 0 Å². The smallest absolute Gasteiger partial charge is 0.235 e. The van der Waals surface area contributed by atoms with Gasteiger partial charge in [-0.15, -0.1) is 24.0 Å². The molecule has 0 aliphatic rings. The lowest BCUT2D eigenvalue weighted by molar-refractivity contribution is -0.118. The average molecular weight is 278 g/mol. The Morgan fingerprint density at radius 2 is 2.29 bits per heavy atom. The van der Waals surface area contributed by atoms with Crippen LogP contribution in [-0.4, -0.2) is 30.4 Å². The average Bonchev–Trinajstić information content (AvgIpc) is 2.35. The Morgan fingerprint density at radius 1 is 1.59 bits per heavy atom.